The van der Waals surface area contributed by atoms with Crippen LogP contribution in [0.5, 0.6) is 0 Å². The number of carbonyl (C=O) groups excluding carboxylic acids is 2. The minimum absolute atomic E-state index is 0.0779. The van der Waals surface area contributed by atoms with Crippen LogP contribution in [0.4, 0.5) is 17.2 Å². The highest BCUT2D eigenvalue weighted by atomic mass is 16.2. The van der Waals surface area contributed by atoms with Crippen LogP contribution in [0.25, 0.3) is 0 Å². The number of anilines is 3. The van der Waals surface area contributed by atoms with Gasteiger partial charge in [0, 0.05) is 56.1 Å². The zero-order valence-corrected chi connectivity index (χ0v) is 19.5. The van der Waals surface area contributed by atoms with E-state index in [9.17, 15) is 9.59 Å². The summed E-state index contributed by atoms with van der Waals surface area (Å²) in [4.78, 5) is 32.3. The standard InChI is InChI=1S/C26H30N6O2/c1-19-7-9-21(10-8-19)31-13-11-22-24(26(31)34)32(28-25(22)27)14-12-23(33)30-17-15-29(16-18-30)20-5-3-2-4-6-20/h2-10H,11-18H2,1H3,(H2,27,28). The van der Waals surface area contributed by atoms with E-state index in [1.165, 1.54) is 5.69 Å². The molecule has 1 aromatic heterocycles. The molecular weight excluding hydrogens is 428 g/mol. The predicted molar refractivity (Wildman–Crippen MR) is 133 cm³/mol. The van der Waals surface area contributed by atoms with Crippen LogP contribution in [-0.2, 0) is 17.8 Å². The normalized spacial score (nSPS) is 16.0. The van der Waals surface area contributed by atoms with Crippen LogP contribution in [0.15, 0.2) is 54.6 Å². The van der Waals surface area contributed by atoms with E-state index in [2.05, 4.69) is 22.1 Å². The van der Waals surface area contributed by atoms with Crippen LogP contribution < -0.4 is 15.5 Å². The molecule has 0 unspecified atom stereocenters. The SMILES string of the molecule is Cc1ccc(N2CCc3c(N)nn(CCC(=O)N4CCN(c5ccccc5)CC4)c3C2=O)cc1. The number of rotatable bonds is 5. The summed E-state index contributed by atoms with van der Waals surface area (Å²) < 4.78 is 1.63. The highest BCUT2D eigenvalue weighted by Crippen LogP contribution is 2.28. The monoisotopic (exact) mass is 458 g/mol. The van der Waals surface area contributed by atoms with Crippen LogP contribution in [0.3, 0.4) is 0 Å². The van der Waals surface area contributed by atoms with E-state index in [-0.39, 0.29) is 18.2 Å². The van der Waals surface area contributed by atoms with Gasteiger partial charge in [-0.05, 0) is 37.6 Å². The van der Waals surface area contributed by atoms with Crippen molar-refractivity contribution in [3.63, 3.8) is 0 Å². The first-order valence-electron chi connectivity index (χ1n) is 11.8. The Balaban J connectivity index is 1.24. The zero-order chi connectivity index (χ0) is 23.7. The van der Waals surface area contributed by atoms with Crippen molar-refractivity contribution in [1.29, 1.82) is 0 Å². The number of nitrogen functional groups attached to an aromatic ring is 1. The van der Waals surface area contributed by atoms with Crippen molar-refractivity contribution in [2.45, 2.75) is 26.3 Å². The number of hydrogen-bond acceptors (Lipinski definition) is 5. The molecule has 0 spiro atoms. The average molecular weight is 459 g/mol. The van der Waals surface area contributed by atoms with Crippen molar-refractivity contribution in [3.8, 4) is 0 Å². The van der Waals surface area contributed by atoms with Crippen LogP contribution in [0.1, 0.15) is 28.0 Å². The van der Waals surface area contributed by atoms with Gasteiger partial charge >= 0.3 is 0 Å². The molecule has 0 atom stereocenters. The third-order valence-electron chi connectivity index (χ3n) is 6.75. The van der Waals surface area contributed by atoms with E-state index >= 15 is 0 Å². The second kappa shape index (κ2) is 9.21. The summed E-state index contributed by atoms with van der Waals surface area (Å²) in [5.74, 6) is 0.350. The molecule has 1 saturated heterocycles. The summed E-state index contributed by atoms with van der Waals surface area (Å²) in [7, 11) is 0. The van der Waals surface area contributed by atoms with Crippen LogP contribution in [0, 0.1) is 6.92 Å². The van der Waals surface area contributed by atoms with E-state index in [1.54, 1.807) is 9.58 Å². The molecule has 0 bridgehead atoms. The third kappa shape index (κ3) is 4.23. The van der Waals surface area contributed by atoms with Gasteiger partial charge in [0.2, 0.25) is 5.91 Å². The summed E-state index contributed by atoms with van der Waals surface area (Å²) in [5.41, 5.74) is 10.6. The zero-order valence-electron chi connectivity index (χ0n) is 19.5. The lowest BCUT2D eigenvalue weighted by Crippen LogP contribution is -2.49. The molecule has 1 fully saturated rings. The number of piperazine rings is 1. The second-order valence-electron chi connectivity index (χ2n) is 8.93. The fraction of sp³-hybridized carbons (Fsp3) is 0.346. The van der Waals surface area contributed by atoms with E-state index < -0.39 is 0 Å². The Morgan fingerprint density at radius 2 is 1.65 bits per heavy atom. The lowest BCUT2D eigenvalue weighted by atomic mass is 10.0. The summed E-state index contributed by atoms with van der Waals surface area (Å²) in [6.07, 6.45) is 0.937. The van der Waals surface area contributed by atoms with Gasteiger partial charge in [0.05, 0.1) is 6.54 Å². The second-order valence-corrected chi connectivity index (χ2v) is 8.93. The van der Waals surface area contributed by atoms with Crippen molar-refractivity contribution in [2.75, 3.05) is 48.3 Å². The number of fused-ring (bicyclic) bond motifs is 1. The first-order chi connectivity index (χ1) is 16.5. The van der Waals surface area contributed by atoms with Gasteiger partial charge in [-0.1, -0.05) is 35.9 Å². The van der Waals surface area contributed by atoms with Gasteiger partial charge in [0.15, 0.2) is 0 Å². The molecule has 2 aliphatic rings. The maximum absolute atomic E-state index is 13.4. The average Bonchev–Trinajstić information content (AvgIpc) is 3.20. The van der Waals surface area contributed by atoms with Gasteiger partial charge in [-0.15, -0.1) is 0 Å². The number of benzene rings is 2. The quantitative estimate of drug-likeness (QED) is 0.635. The molecule has 3 heterocycles. The molecule has 8 nitrogen and oxygen atoms in total. The fourth-order valence-electron chi connectivity index (χ4n) is 4.80. The topological polar surface area (TPSA) is 87.7 Å². The van der Waals surface area contributed by atoms with Crippen molar-refractivity contribution >= 4 is 29.0 Å². The van der Waals surface area contributed by atoms with E-state index in [4.69, 9.17) is 5.73 Å². The van der Waals surface area contributed by atoms with Gasteiger partial charge in [-0.2, -0.15) is 5.10 Å². The largest absolute Gasteiger partial charge is 0.382 e. The molecule has 2 N–H and O–H groups in total. The van der Waals surface area contributed by atoms with Crippen molar-refractivity contribution < 1.29 is 9.59 Å². The minimum Gasteiger partial charge on any atom is -0.382 e. The van der Waals surface area contributed by atoms with Gasteiger partial charge in [-0.3, -0.25) is 14.3 Å². The number of carbonyl (C=O) groups is 2. The molecule has 8 heteroatoms. The third-order valence-corrected chi connectivity index (χ3v) is 6.75. The van der Waals surface area contributed by atoms with Crippen LogP contribution >= 0.6 is 0 Å². The highest BCUT2D eigenvalue weighted by Gasteiger charge is 2.32. The Labute approximate surface area is 199 Å². The van der Waals surface area contributed by atoms with E-state index in [1.807, 2.05) is 54.3 Å². The maximum Gasteiger partial charge on any atom is 0.276 e. The molecule has 0 aliphatic carbocycles. The molecule has 176 valence electrons. The van der Waals surface area contributed by atoms with Gasteiger partial charge < -0.3 is 20.4 Å². The van der Waals surface area contributed by atoms with Crippen molar-refractivity contribution in [1.82, 2.24) is 14.7 Å². The van der Waals surface area contributed by atoms with Gasteiger partial charge in [-0.25, -0.2) is 0 Å². The molecule has 0 radical (unpaired) electrons. The van der Waals surface area contributed by atoms with Gasteiger partial charge in [0.25, 0.3) is 5.91 Å². The predicted octanol–water partition coefficient (Wildman–Crippen LogP) is 2.72. The maximum atomic E-state index is 13.4. The lowest BCUT2D eigenvalue weighted by molar-refractivity contribution is -0.131. The number of amides is 2. The summed E-state index contributed by atoms with van der Waals surface area (Å²) in [5, 5.41) is 4.42. The minimum atomic E-state index is -0.113. The number of nitrogens with two attached hydrogens (primary N) is 1. The fourth-order valence-corrected chi connectivity index (χ4v) is 4.80. The molecule has 2 aromatic carbocycles. The number of aryl methyl sites for hydroxylation is 2. The summed E-state index contributed by atoms with van der Waals surface area (Å²) >= 11 is 0. The number of aromatic nitrogens is 2. The van der Waals surface area contributed by atoms with E-state index in [0.29, 0.717) is 44.1 Å². The molecule has 34 heavy (non-hydrogen) atoms. The number of hydrogen-bond donors (Lipinski definition) is 1. The van der Waals surface area contributed by atoms with Crippen LogP contribution in [0.2, 0.25) is 0 Å². The molecular formula is C26H30N6O2. The first kappa shape index (κ1) is 22.0. The van der Waals surface area contributed by atoms with E-state index in [0.717, 1.165) is 29.9 Å². The lowest BCUT2D eigenvalue weighted by Gasteiger charge is -2.36. The number of nitrogens with zero attached hydrogens (tertiary/aromatic N) is 5. The Kier molecular flexibility index (Phi) is 5.96. The summed E-state index contributed by atoms with van der Waals surface area (Å²) in [6.45, 7) is 5.92. The van der Waals surface area contributed by atoms with Crippen molar-refractivity contribution in [3.05, 3.63) is 71.4 Å². The first-order valence-corrected chi connectivity index (χ1v) is 11.8. The van der Waals surface area contributed by atoms with Crippen molar-refractivity contribution in [2.24, 2.45) is 0 Å². The van der Waals surface area contributed by atoms with Gasteiger partial charge in [0.1, 0.15) is 11.5 Å². The summed E-state index contributed by atoms with van der Waals surface area (Å²) in [6, 6.07) is 18.2. The highest BCUT2D eigenvalue weighted by molar-refractivity contribution is 6.07. The smallest absolute Gasteiger partial charge is 0.276 e. The van der Waals surface area contributed by atoms with Crippen LogP contribution in [-0.4, -0.2) is 59.2 Å². The number of para-hydroxylation sites is 1. The molecule has 2 amide bonds. The Bertz CT molecular complexity index is 1180. The molecule has 2 aliphatic heterocycles. The molecule has 5 rings (SSSR count). The molecule has 3 aromatic rings. The molecule has 0 saturated carbocycles. The Hall–Kier alpha value is -3.81. The Morgan fingerprint density at radius 1 is 0.941 bits per heavy atom. The Morgan fingerprint density at radius 3 is 2.35 bits per heavy atom.